The molecule has 1 aromatic heterocycles. The normalized spacial score (nSPS) is 12.0. The van der Waals surface area contributed by atoms with E-state index in [0.29, 0.717) is 55.8 Å². The van der Waals surface area contributed by atoms with Crippen molar-refractivity contribution in [3.05, 3.63) is 105 Å². The molecule has 50 heavy (non-hydrogen) atoms. The van der Waals surface area contributed by atoms with Gasteiger partial charge in [-0.15, -0.1) is 0 Å². The summed E-state index contributed by atoms with van der Waals surface area (Å²) in [6, 6.07) is 18.3. The van der Waals surface area contributed by atoms with Gasteiger partial charge in [-0.25, -0.2) is 0 Å². The van der Waals surface area contributed by atoms with Crippen LogP contribution in [0.5, 0.6) is 17.2 Å². The Morgan fingerprint density at radius 2 is 1.64 bits per heavy atom. The number of pyridine rings is 1. The zero-order valence-electron chi connectivity index (χ0n) is 27.7. The van der Waals surface area contributed by atoms with Gasteiger partial charge in [0.15, 0.2) is 0 Å². The molecule has 0 fully saturated rings. The third kappa shape index (κ3) is 11.3. The van der Waals surface area contributed by atoms with Crippen LogP contribution < -0.4 is 19.5 Å². The number of nitrogens with one attached hydrogen (secondary N) is 1. The monoisotopic (exact) mass is 785 g/mol. The van der Waals surface area contributed by atoms with Gasteiger partial charge in [0.2, 0.25) is 0 Å². The van der Waals surface area contributed by atoms with Crippen molar-refractivity contribution < 1.29 is 34.6 Å². The van der Waals surface area contributed by atoms with Crippen LogP contribution in [-0.4, -0.2) is 79.7 Å². The Labute approximate surface area is 309 Å². The fourth-order valence-corrected chi connectivity index (χ4v) is 7.77. The summed E-state index contributed by atoms with van der Waals surface area (Å²) in [5.74, 6) is 1.49. The predicted octanol–water partition coefficient (Wildman–Crippen LogP) is 5.23. The number of halogens is 2. The second-order valence-electron chi connectivity index (χ2n) is 11.6. The number of rotatable bonds is 20. The van der Waals surface area contributed by atoms with Crippen molar-refractivity contribution in [2.75, 3.05) is 26.4 Å². The van der Waals surface area contributed by atoms with E-state index in [1.165, 1.54) is 6.20 Å². The second kappa shape index (κ2) is 20.5. The fraction of sp³-hybridized carbons (Fsp3) is 0.351. The first-order valence-electron chi connectivity index (χ1n) is 16.1. The molecular formula is C37H42AsCl2N3O7. The molecule has 0 aliphatic rings. The molecule has 4 aromatic rings. The van der Waals surface area contributed by atoms with Crippen LogP contribution in [0.25, 0.3) is 11.1 Å². The Morgan fingerprint density at radius 1 is 0.880 bits per heavy atom. The molecular weight excluding hydrogens is 744 g/mol. The Morgan fingerprint density at radius 3 is 2.40 bits per heavy atom. The molecule has 0 bridgehead atoms. The van der Waals surface area contributed by atoms with Crippen LogP contribution in [0, 0.1) is 18.3 Å². The molecule has 3 aromatic carbocycles. The van der Waals surface area contributed by atoms with E-state index in [2.05, 4.69) is 16.4 Å². The molecule has 4 rings (SSSR count). The average Bonchev–Trinajstić information content (AvgIpc) is 3.13. The number of benzene rings is 3. The maximum atomic E-state index is 9.54. The first kappa shape index (κ1) is 39.4. The van der Waals surface area contributed by atoms with Crippen LogP contribution in [0.3, 0.4) is 0 Å². The maximum absolute atomic E-state index is 9.54. The van der Waals surface area contributed by atoms with Crippen molar-refractivity contribution in [3.8, 4) is 34.4 Å². The van der Waals surface area contributed by atoms with E-state index in [9.17, 15) is 20.6 Å². The molecule has 2 atom stereocenters. The zero-order valence-corrected chi connectivity index (χ0v) is 31.4. The number of aliphatic hydroxyl groups is 4. The molecule has 0 aliphatic carbocycles. The molecule has 0 spiro atoms. The van der Waals surface area contributed by atoms with Crippen molar-refractivity contribution in [1.82, 2.24) is 10.3 Å². The first-order valence-corrected chi connectivity index (χ1v) is 19.9. The third-order valence-corrected chi connectivity index (χ3v) is 11.6. The van der Waals surface area contributed by atoms with Gasteiger partial charge in [0.05, 0.1) is 29.8 Å². The molecule has 266 valence electrons. The van der Waals surface area contributed by atoms with E-state index in [1.807, 2.05) is 43.3 Å². The molecule has 5 N–H and O–H groups in total. The molecule has 1 unspecified atom stereocenters. The van der Waals surface area contributed by atoms with E-state index in [4.69, 9.17) is 42.5 Å². The van der Waals surface area contributed by atoms with Crippen LogP contribution in [0.15, 0.2) is 67.0 Å². The summed E-state index contributed by atoms with van der Waals surface area (Å²) >= 11 is 13.2. The van der Waals surface area contributed by atoms with E-state index < -0.39 is 12.1 Å². The summed E-state index contributed by atoms with van der Waals surface area (Å²) in [6.45, 7) is 2.47. The summed E-state index contributed by atoms with van der Waals surface area (Å²) < 4.78 is 18.4. The fourth-order valence-electron chi connectivity index (χ4n) is 5.02. The van der Waals surface area contributed by atoms with Gasteiger partial charge in [0.1, 0.15) is 24.2 Å². The third-order valence-electron chi connectivity index (χ3n) is 7.88. The zero-order chi connectivity index (χ0) is 35.9. The van der Waals surface area contributed by atoms with Crippen LogP contribution in [0.2, 0.25) is 20.5 Å². The Kier molecular flexibility index (Phi) is 16.1. The van der Waals surface area contributed by atoms with Gasteiger partial charge >= 0.3 is 166 Å². The minimum absolute atomic E-state index is 0.140. The summed E-state index contributed by atoms with van der Waals surface area (Å²) in [4.78, 5) is 4.10. The van der Waals surface area contributed by atoms with E-state index in [1.54, 1.807) is 24.4 Å². The van der Waals surface area contributed by atoms with Crippen molar-refractivity contribution in [3.63, 3.8) is 0 Å². The van der Waals surface area contributed by atoms with E-state index in [-0.39, 0.29) is 55.3 Å². The predicted molar refractivity (Wildman–Crippen MR) is 195 cm³/mol. The van der Waals surface area contributed by atoms with Crippen LogP contribution >= 0.6 is 23.2 Å². The van der Waals surface area contributed by atoms with Gasteiger partial charge in [-0.1, -0.05) is 11.6 Å². The Bertz CT molecular complexity index is 1740. The Balaban J connectivity index is 1.49. The topological polar surface area (TPSA) is 157 Å². The average molecular weight is 787 g/mol. The molecule has 1 heterocycles. The molecule has 0 amide bonds. The van der Waals surface area contributed by atoms with Gasteiger partial charge in [0, 0.05) is 36.1 Å². The molecule has 10 nitrogen and oxygen atoms in total. The number of hydrogen-bond acceptors (Lipinski definition) is 10. The standard InChI is InChI=1S/C37H42AsCl2N3O7/c1-24-27(5-2-6-31(24)32-7-3-8-34(37(32)40)48-10-4-9-38-14-30(47)21-46)23-50-36-13-35(49-22-26-11-25(15-41)16-42-17-26)28(12-33(36)39)18-43-29(19-44)20-45/h2-3,5-8,11-13,16-17,29-30,38,43-47H,4,9-10,14,18-23H2,1H3/t30-/m1/s1. The van der Waals surface area contributed by atoms with Gasteiger partial charge in [-0.05, 0) is 12.1 Å². The van der Waals surface area contributed by atoms with Gasteiger partial charge in [-0.3, -0.25) is 4.98 Å². The number of aliphatic hydroxyl groups excluding tert-OH is 4. The van der Waals surface area contributed by atoms with Crippen molar-refractivity contribution in [2.45, 2.75) is 55.7 Å². The molecule has 0 aliphatic heterocycles. The van der Waals surface area contributed by atoms with Crippen LogP contribution in [0.1, 0.15) is 34.2 Å². The summed E-state index contributed by atoms with van der Waals surface area (Å²) in [5, 5.41) is 52.5. The Hall–Kier alpha value is -3.36. The SMILES string of the molecule is Cc1c(COc2cc(OCc3cncc(C#N)c3)c(CNC(CO)CO)cc2Cl)cccc1-c1cccc(OCCC[AsH]C[C@@H](O)CO)c1Cl. The van der Waals surface area contributed by atoms with Crippen LogP contribution in [-0.2, 0) is 19.8 Å². The molecule has 0 saturated carbocycles. The van der Waals surface area contributed by atoms with Gasteiger partial charge in [-0.2, -0.15) is 5.26 Å². The number of ether oxygens (including phenoxy) is 3. The molecule has 13 heteroatoms. The quantitative estimate of drug-likeness (QED) is 0.0594. The molecule has 0 saturated heterocycles. The van der Waals surface area contributed by atoms with E-state index >= 15 is 0 Å². The summed E-state index contributed by atoms with van der Waals surface area (Å²) in [6.07, 6.45) is 3.34. The number of hydrogen-bond donors (Lipinski definition) is 5. The first-order chi connectivity index (χ1) is 24.3. The van der Waals surface area contributed by atoms with Crippen molar-refractivity contribution >= 4 is 39.0 Å². The summed E-state index contributed by atoms with van der Waals surface area (Å²) in [5.41, 5.74) is 5.51. The van der Waals surface area contributed by atoms with Crippen LogP contribution in [0.4, 0.5) is 0 Å². The summed E-state index contributed by atoms with van der Waals surface area (Å²) in [7, 11) is 0. The van der Waals surface area contributed by atoms with Gasteiger partial charge < -0.3 is 20.3 Å². The molecule has 0 radical (unpaired) electrons. The number of nitriles is 1. The van der Waals surface area contributed by atoms with Crippen molar-refractivity contribution in [2.24, 2.45) is 0 Å². The van der Waals surface area contributed by atoms with Crippen molar-refractivity contribution in [1.29, 1.82) is 5.26 Å². The number of aromatic nitrogens is 1. The van der Waals surface area contributed by atoms with Gasteiger partial charge in [0.25, 0.3) is 0 Å². The van der Waals surface area contributed by atoms with E-state index in [0.717, 1.165) is 33.9 Å². The number of nitrogens with zero attached hydrogens (tertiary/aromatic N) is 2. The second-order valence-corrected chi connectivity index (χ2v) is 15.3. The minimum atomic E-state index is -0.620.